The quantitative estimate of drug-likeness (QED) is 0.417. The molecular weight excluding hydrogens is 199 g/mol. The topological polar surface area (TPSA) is 12.4 Å². The first kappa shape index (κ1) is 7.92. The first-order chi connectivity index (χ1) is 4.47. The molecule has 0 fully saturated rings. The average Bonchev–Trinajstić information content (AvgIpc) is 2.33. The molecule has 0 unspecified atom stereocenters. The van der Waals surface area contributed by atoms with Crippen molar-refractivity contribution in [2.24, 2.45) is 4.99 Å². The van der Waals surface area contributed by atoms with Crippen molar-refractivity contribution in [2.45, 2.75) is 6.42 Å². The van der Waals surface area contributed by atoms with Crippen LogP contribution < -0.4 is 0 Å². The van der Waals surface area contributed by atoms with Crippen LogP contribution in [0.25, 0.3) is 0 Å². The number of aliphatic imine (C=N–C) groups is 1. The number of nitrogens with zero attached hydrogens (tertiary/aromatic N) is 1. The van der Waals surface area contributed by atoms with Gasteiger partial charge in [0.05, 0.1) is 0 Å². The molecule has 0 aromatic carbocycles. The molecule has 2 rings (SSSR count). The zero-order valence-corrected chi connectivity index (χ0v) is 8.22. The van der Waals surface area contributed by atoms with E-state index in [-0.39, 0.29) is 32.7 Å². The van der Waals surface area contributed by atoms with Gasteiger partial charge in [0.25, 0.3) is 0 Å². The number of allylic oxidation sites excluding steroid dienone is 3. The molecule has 0 atom stereocenters. The van der Waals surface area contributed by atoms with E-state index < -0.39 is 0 Å². The van der Waals surface area contributed by atoms with Crippen molar-refractivity contribution in [2.75, 3.05) is 0 Å². The minimum absolute atomic E-state index is 0. The summed E-state index contributed by atoms with van der Waals surface area (Å²) in [5, 5.41) is 0. The zero-order chi connectivity index (χ0) is 6.10. The van der Waals surface area contributed by atoms with E-state index in [4.69, 9.17) is 0 Å². The minimum Gasteiger partial charge on any atom is -0.455 e. The Morgan fingerprint density at radius 3 is 3.00 bits per heavy atom. The number of hydrogen-bond donors (Lipinski definition) is 0. The second-order valence-corrected chi connectivity index (χ2v) is 1.93. The molecule has 10 heavy (non-hydrogen) atoms. The fourth-order valence-electron chi connectivity index (χ4n) is 0.861. The number of hydrogen-bond acceptors (Lipinski definition) is 1. The van der Waals surface area contributed by atoms with E-state index in [1.54, 1.807) is 0 Å². The Bertz CT molecular complexity index is 297. The van der Waals surface area contributed by atoms with Gasteiger partial charge >= 0.3 is 0 Å². The molecule has 0 spiro atoms. The summed E-state index contributed by atoms with van der Waals surface area (Å²) < 4.78 is 0. The van der Waals surface area contributed by atoms with E-state index >= 15 is 0 Å². The molecule has 0 N–H and O–H groups in total. The Hall–Kier alpha value is -0.186. The molecule has 2 heteroatoms. The predicted molar refractivity (Wildman–Crippen MR) is 35.2 cm³/mol. The van der Waals surface area contributed by atoms with Gasteiger partial charge in [0.15, 0.2) is 0 Å². The summed E-state index contributed by atoms with van der Waals surface area (Å²) in [7, 11) is 0. The SMILES string of the molecule is C1=C=CC2=C(C=1)C[C-]=N2.[Y]. The molecule has 0 bridgehead atoms. The van der Waals surface area contributed by atoms with Gasteiger partial charge in [0, 0.05) is 32.7 Å². The van der Waals surface area contributed by atoms with Gasteiger partial charge in [0.2, 0.25) is 0 Å². The first-order valence-electron chi connectivity index (χ1n) is 2.81. The van der Waals surface area contributed by atoms with Crippen LogP contribution in [0.1, 0.15) is 6.42 Å². The van der Waals surface area contributed by atoms with Crippen molar-refractivity contribution < 1.29 is 32.7 Å². The Labute approximate surface area is 84.8 Å². The smallest absolute Gasteiger partial charge is 0 e. The van der Waals surface area contributed by atoms with Crippen LogP contribution in [0, 0.1) is 0 Å². The standard InChI is InChI=1S/C8H4N.Y/c1-2-4-8-7(3-1)5-6-9-8;/h3-4H,5H2;/q-1;. The van der Waals surface area contributed by atoms with Crippen molar-refractivity contribution in [3.63, 3.8) is 0 Å². The van der Waals surface area contributed by atoms with Gasteiger partial charge in [-0.2, -0.15) is 6.21 Å². The Morgan fingerprint density at radius 2 is 2.20 bits per heavy atom. The van der Waals surface area contributed by atoms with Crippen molar-refractivity contribution in [1.82, 2.24) is 0 Å². The van der Waals surface area contributed by atoms with Crippen LogP contribution in [-0.4, -0.2) is 6.21 Å². The molecule has 1 heterocycles. The molecule has 1 aliphatic carbocycles. The fourth-order valence-corrected chi connectivity index (χ4v) is 0.861. The van der Waals surface area contributed by atoms with Gasteiger partial charge in [-0.15, -0.1) is 5.57 Å². The summed E-state index contributed by atoms with van der Waals surface area (Å²) in [6.45, 7) is 0. The van der Waals surface area contributed by atoms with Crippen LogP contribution in [0.3, 0.4) is 0 Å². The maximum atomic E-state index is 4.00. The van der Waals surface area contributed by atoms with Crippen molar-refractivity contribution in [3.8, 4) is 0 Å². The summed E-state index contributed by atoms with van der Waals surface area (Å²) in [4.78, 5) is 4.00. The van der Waals surface area contributed by atoms with Crippen molar-refractivity contribution in [3.05, 3.63) is 34.9 Å². The summed E-state index contributed by atoms with van der Waals surface area (Å²) in [6, 6.07) is 0. The summed E-state index contributed by atoms with van der Waals surface area (Å²) in [5.74, 6) is 0. The molecule has 1 nitrogen and oxygen atoms in total. The van der Waals surface area contributed by atoms with Gasteiger partial charge in [-0.25, -0.2) is 0 Å². The molecule has 0 aromatic rings. The van der Waals surface area contributed by atoms with Crippen LogP contribution >= 0.6 is 0 Å². The third-order valence-corrected chi connectivity index (χ3v) is 1.34. The van der Waals surface area contributed by atoms with E-state index in [9.17, 15) is 0 Å². The largest absolute Gasteiger partial charge is 0.455 e. The van der Waals surface area contributed by atoms with Gasteiger partial charge in [-0.05, 0) is 6.08 Å². The Balaban J connectivity index is 0.000000500. The van der Waals surface area contributed by atoms with E-state index in [0.717, 1.165) is 12.1 Å². The Morgan fingerprint density at radius 1 is 1.40 bits per heavy atom. The van der Waals surface area contributed by atoms with E-state index in [1.807, 2.05) is 12.2 Å². The number of rotatable bonds is 0. The predicted octanol–water partition coefficient (Wildman–Crippen LogP) is 1.47. The maximum absolute atomic E-state index is 4.00. The van der Waals surface area contributed by atoms with Crippen molar-refractivity contribution >= 4 is 6.21 Å². The summed E-state index contributed by atoms with van der Waals surface area (Å²) in [5.41, 5.74) is 7.90. The second kappa shape index (κ2) is 3.28. The van der Waals surface area contributed by atoms with E-state index in [2.05, 4.69) is 22.7 Å². The van der Waals surface area contributed by atoms with Crippen LogP contribution in [0.15, 0.2) is 39.9 Å². The van der Waals surface area contributed by atoms with Crippen molar-refractivity contribution in [1.29, 1.82) is 0 Å². The average molecular weight is 203 g/mol. The minimum atomic E-state index is 0. The molecule has 2 aliphatic rings. The molecular formula is C8H4NY-. The third kappa shape index (κ3) is 1.28. The normalized spacial score (nSPS) is 17.6. The monoisotopic (exact) mass is 203 g/mol. The summed E-state index contributed by atoms with van der Waals surface area (Å²) >= 11 is 0. The molecule has 0 saturated carbocycles. The maximum Gasteiger partial charge on any atom is 0 e. The Kier molecular flexibility index (Phi) is 2.59. The molecule has 0 aromatic heterocycles. The summed E-state index contributed by atoms with van der Waals surface area (Å²) in [6.07, 6.45) is 7.44. The van der Waals surface area contributed by atoms with Gasteiger partial charge in [-0.3, -0.25) is 0 Å². The van der Waals surface area contributed by atoms with Gasteiger partial charge in [0.1, 0.15) is 0 Å². The first-order valence-corrected chi connectivity index (χ1v) is 2.81. The molecule has 1 aliphatic heterocycles. The van der Waals surface area contributed by atoms with Crippen LogP contribution in [0.5, 0.6) is 0 Å². The fraction of sp³-hybridized carbons (Fsp3) is 0.125. The van der Waals surface area contributed by atoms with Gasteiger partial charge < -0.3 is 4.99 Å². The third-order valence-electron chi connectivity index (χ3n) is 1.34. The van der Waals surface area contributed by atoms with Gasteiger partial charge in [-0.1, -0.05) is 29.7 Å². The van der Waals surface area contributed by atoms with Crippen LogP contribution in [-0.2, 0) is 32.7 Å². The molecule has 0 amide bonds. The second-order valence-electron chi connectivity index (χ2n) is 1.93. The zero-order valence-electron chi connectivity index (χ0n) is 5.39. The van der Waals surface area contributed by atoms with E-state index in [1.165, 1.54) is 5.57 Å². The van der Waals surface area contributed by atoms with Crippen LogP contribution in [0.4, 0.5) is 0 Å². The molecule has 1 radical (unpaired) electrons. The molecule has 0 saturated heterocycles. The van der Waals surface area contributed by atoms with Crippen LogP contribution in [0.2, 0.25) is 0 Å². The molecule has 45 valence electrons. The van der Waals surface area contributed by atoms with E-state index in [0.29, 0.717) is 0 Å².